The SMILES string of the molecule is O=c1c([N+](=O)[O-])c(C=Cc2cnn(Cc3ccccc3F)c2)n(C2CCC2)c(=O)n1Cc1ccncc1. The van der Waals surface area contributed by atoms with Gasteiger partial charge in [-0.1, -0.05) is 18.2 Å². The fourth-order valence-electron chi connectivity index (χ4n) is 4.34. The Kier molecular flexibility index (Phi) is 6.59. The summed E-state index contributed by atoms with van der Waals surface area (Å²) < 4.78 is 17.8. The van der Waals surface area contributed by atoms with Crippen molar-refractivity contribution in [3.8, 4) is 0 Å². The fourth-order valence-corrected chi connectivity index (χ4v) is 4.34. The van der Waals surface area contributed by atoms with Gasteiger partial charge in [0.15, 0.2) is 0 Å². The molecule has 188 valence electrons. The Bertz CT molecular complexity index is 1600. The largest absolute Gasteiger partial charge is 0.357 e. The van der Waals surface area contributed by atoms with Crippen LogP contribution in [0.2, 0.25) is 0 Å². The molecule has 3 heterocycles. The molecule has 5 rings (SSSR count). The molecular formula is C26H23FN6O4. The average molecular weight is 503 g/mol. The number of hydrogen-bond acceptors (Lipinski definition) is 6. The Labute approximate surface area is 210 Å². The van der Waals surface area contributed by atoms with Crippen LogP contribution >= 0.6 is 0 Å². The number of nitro groups is 1. The summed E-state index contributed by atoms with van der Waals surface area (Å²) in [5.41, 5.74) is -0.570. The zero-order chi connectivity index (χ0) is 25.9. The minimum Gasteiger partial charge on any atom is -0.284 e. The molecule has 0 amide bonds. The molecule has 10 nitrogen and oxygen atoms in total. The van der Waals surface area contributed by atoms with Crippen LogP contribution in [0.5, 0.6) is 0 Å². The summed E-state index contributed by atoms with van der Waals surface area (Å²) in [6.45, 7) is 0.110. The zero-order valence-corrected chi connectivity index (χ0v) is 19.7. The van der Waals surface area contributed by atoms with Gasteiger partial charge in [-0.05, 0) is 55.2 Å². The average Bonchev–Trinajstić information content (AvgIpc) is 3.30. The van der Waals surface area contributed by atoms with Crippen molar-refractivity contribution in [3.05, 3.63) is 120 Å². The number of aromatic nitrogens is 5. The highest BCUT2D eigenvalue weighted by Crippen LogP contribution is 2.33. The highest BCUT2D eigenvalue weighted by molar-refractivity contribution is 5.71. The van der Waals surface area contributed by atoms with E-state index < -0.39 is 21.9 Å². The van der Waals surface area contributed by atoms with Gasteiger partial charge in [-0.15, -0.1) is 0 Å². The first kappa shape index (κ1) is 24.0. The number of rotatable bonds is 8. The van der Waals surface area contributed by atoms with Gasteiger partial charge in [-0.3, -0.25) is 29.1 Å². The monoisotopic (exact) mass is 502 g/mol. The zero-order valence-electron chi connectivity index (χ0n) is 19.7. The summed E-state index contributed by atoms with van der Waals surface area (Å²) >= 11 is 0. The van der Waals surface area contributed by atoms with Crippen molar-refractivity contribution >= 4 is 17.8 Å². The van der Waals surface area contributed by atoms with E-state index in [1.54, 1.807) is 42.6 Å². The molecule has 4 aromatic rings. The molecule has 0 atom stereocenters. The lowest BCUT2D eigenvalue weighted by Gasteiger charge is -2.29. The second-order valence-corrected chi connectivity index (χ2v) is 8.87. The van der Waals surface area contributed by atoms with E-state index >= 15 is 0 Å². The first-order valence-electron chi connectivity index (χ1n) is 11.8. The summed E-state index contributed by atoms with van der Waals surface area (Å²) in [6, 6.07) is 9.44. The second kappa shape index (κ2) is 10.1. The highest BCUT2D eigenvalue weighted by atomic mass is 19.1. The number of benzene rings is 1. The summed E-state index contributed by atoms with van der Waals surface area (Å²) in [6.07, 6.45) is 11.5. The van der Waals surface area contributed by atoms with E-state index in [-0.39, 0.29) is 30.6 Å². The molecule has 1 aliphatic carbocycles. The normalized spacial score (nSPS) is 13.6. The Balaban J connectivity index is 1.55. The van der Waals surface area contributed by atoms with Gasteiger partial charge in [-0.2, -0.15) is 5.10 Å². The molecule has 37 heavy (non-hydrogen) atoms. The van der Waals surface area contributed by atoms with Crippen LogP contribution in [0.4, 0.5) is 10.1 Å². The molecule has 0 saturated heterocycles. The maximum atomic E-state index is 14.0. The van der Waals surface area contributed by atoms with Gasteiger partial charge in [0.25, 0.3) is 0 Å². The lowest BCUT2D eigenvalue weighted by molar-refractivity contribution is -0.387. The molecule has 1 aliphatic rings. The number of pyridine rings is 1. The van der Waals surface area contributed by atoms with Crippen LogP contribution in [-0.2, 0) is 13.1 Å². The molecule has 0 unspecified atom stereocenters. The van der Waals surface area contributed by atoms with Gasteiger partial charge in [0.05, 0.1) is 24.2 Å². The van der Waals surface area contributed by atoms with E-state index in [9.17, 15) is 24.1 Å². The Morgan fingerprint density at radius 3 is 2.51 bits per heavy atom. The molecule has 3 aromatic heterocycles. The van der Waals surface area contributed by atoms with Crippen molar-refractivity contribution in [1.82, 2.24) is 23.9 Å². The summed E-state index contributed by atoms with van der Waals surface area (Å²) in [5.74, 6) is -0.345. The lowest BCUT2D eigenvalue weighted by Crippen LogP contribution is -2.44. The van der Waals surface area contributed by atoms with Gasteiger partial charge in [-0.25, -0.2) is 13.8 Å². The standard InChI is InChI=1S/C26H23FN6O4/c27-22-7-2-1-4-20(22)17-30-15-19(14-29-30)8-9-23-24(33(36)37)25(34)31(16-18-10-12-28-13-11-18)26(35)32(23)21-5-3-6-21/h1-2,4,7-15,21H,3,5-6,16-17H2. The van der Waals surface area contributed by atoms with Crippen molar-refractivity contribution in [2.24, 2.45) is 0 Å². The van der Waals surface area contributed by atoms with Crippen LogP contribution in [0, 0.1) is 15.9 Å². The van der Waals surface area contributed by atoms with E-state index in [4.69, 9.17) is 0 Å². The molecule has 11 heteroatoms. The van der Waals surface area contributed by atoms with E-state index in [0.29, 0.717) is 29.5 Å². The molecule has 0 radical (unpaired) electrons. The highest BCUT2D eigenvalue weighted by Gasteiger charge is 2.32. The van der Waals surface area contributed by atoms with Crippen LogP contribution in [-0.4, -0.2) is 28.8 Å². The van der Waals surface area contributed by atoms with Crippen LogP contribution < -0.4 is 11.2 Å². The Hall–Kier alpha value is -4.67. The van der Waals surface area contributed by atoms with E-state index in [2.05, 4.69) is 10.1 Å². The van der Waals surface area contributed by atoms with Gasteiger partial charge in [0, 0.05) is 35.8 Å². The first-order valence-corrected chi connectivity index (χ1v) is 11.8. The van der Waals surface area contributed by atoms with Gasteiger partial charge >= 0.3 is 16.9 Å². The third-order valence-corrected chi connectivity index (χ3v) is 6.48. The summed E-state index contributed by atoms with van der Waals surface area (Å²) in [4.78, 5) is 41.9. The topological polar surface area (TPSA) is 118 Å². The van der Waals surface area contributed by atoms with E-state index in [0.717, 1.165) is 11.0 Å². The van der Waals surface area contributed by atoms with E-state index in [1.165, 1.54) is 40.0 Å². The number of halogens is 1. The van der Waals surface area contributed by atoms with Gasteiger partial charge < -0.3 is 0 Å². The van der Waals surface area contributed by atoms with Crippen molar-refractivity contribution in [3.63, 3.8) is 0 Å². The maximum Gasteiger partial charge on any atom is 0.357 e. The smallest absolute Gasteiger partial charge is 0.284 e. The second-order valence-electron chi connectivity index (χ2n) is 8.87. The molecule has 1 aromatic carbocycles. The number of nitrogens with zero attached hydrogens (tertiary/aromatic N) is 6. The molecular weight excluding hydrogens is 479 g/mol. The van der Waals surface area contributed by atoms with Crippen LogP contribution in [0.15, 0.2) is 70.8 Å². The maximum absolute atomic E-state index is 14.0. The van der Waals surface area contributed by atoms with Crippen LogP contribution in [0.25, 0.3) is 12.2 Å². The van der Waals surface area contributed by atoms with Gasteiger partial charge in [0.2, 0.25) is 0 Å². The van der Waals surface area contributed by atoms with Crippen molar-refractivity contribution in [1.29, 1.82) is 0 Å². The predicted molar refractivity (Wildman–Crippen MR) is 135 cm³/mol. The third kappa shape index (κ3) is 4.88. The minimum atomic E-state index is -0.961. The van der Waals surface area contributed by atoms with Crippen LogP contribution in [0.1, 0.15) is 47.7 Å². The van der Waals surface area contributed by atoms with Crippen molar-refractivity contribution < 1.29 is 9.31 Å². The van der Waals surface area contributed by atoms with Gasteiger partial charge in [0.1, 0.15) is 11.5 Å². The minimum absolute atomic E-state index is 0.0440. The number of hydrogen-bond donors (Lipinski definition) is 0. The molecule has 0 bridgehead atoms. The summed E-state index contributed by atoms with van der Waals surface area (Å²) in [5, 5.41) is 16.3. The first-order chi connectivity index (χ1) is 17.9. The summed E-state index contributed by atoms with van der Waals surface area (Å²) in [7, 11) is 0. The van der Waals surface area contributed by atoms with Crippen molar-refractivity contribution in [2.75, 3.05) is 0 Å². The molecule has 0 N–H and O–H groups in total. The molecule has 1 fully saturated rings. The predicted octanol–water partition coefficient (Wildman–Crippen LogP) is 3.64. The van der Waals surface area contributed by atoms with E-state index in [1.807, 2.05) is 0 Å². The lowest BCUT2D eigenvalue weighted by atomic mass is 9.92. The molecule has 0 spiro atoms. The molecule has 1 saturated carbocycles. The quantitative estimate of drug-likeness (QED) is 0.268. The Morgan fingerprint density at radius 1 is 1.08 bits per heavy atom. The molecule has 0 aliphatic heterocycles. The van der Waals surface area contributed by atoms with Crippen molar-refractivity contribution in [2.45, 2.75) is 38.4 Å². The third-order valence-electron chi connectivity index (χ3n) is 6.48. The Morgan fingerprint density at radius 2 is 1.84 bits per heavy atom. The fraction of sp³-hybridized carbons (Fsp3) is 0.231. The van der Waals surface area contributed by atoms with Crippen LogP contribution in [0.3, 0.4) is 0 Å².